The zero-order chi connectivity index (χ0) is 12.4. The Balaban J connectivity index is 2.34. The van der Waals surface area contributed by atoms with Crippen LogP contribution in [0.2, 0.25) is 0 Å². The first-order valence-electron chi connectivity index (χ1n) is 5.27. The molecule has 0 unspecified atom stereocenters. The fourth-order valence-electron chi connectivity index (χ4n) is 1.55. The Morgan fingerprint density at radius 1 is 1.47 bits per heavy atom. The molecule has 0 saturated carbocycles. The highest BCUT2D eigenvalue weighted by Gasteiger charge is 2.22. The van der Waals surface area contributed by atoms with Crippen LogP contribution >= 0.6 is 11.3 Å². The summed E-state index contributed by atoms with van der Waals surface area (Å²) in [6.45, 7) is 3.72. The summed E-state index contributed by atoms with van der Waals surface area (Å²) in [6.07, 6.45) is 1.44. The number of carbonyl (C=O) groups is 1. The molecule has 2 N–H and O–H groups in total. The lowest BCUT2D eigenvalue weighted by atomic mass is 10.1. The molecule has 2 rings (SSSR count). The van der Waals surface area contributed by atoms with Crippen LogP contribution in [0.5, 0.6) is 0 Å². The van der Waals surface area contributed by atoms with Crippen molar-refractivity contribution in [1.29, 1.82) is 0 Å². The first kappa shape index (κ1) is 11.8. The molecule has 0 aliphatic rings. The molecule has 1 atom stereocenters. The first-order valence-corrected chi connectivity index (χ1v) is 6.15. The molecule has 0 amide bonds. The standard InChI is InChI=1S/C11H13N3O2S/c1-6(2)8(11(15)16)14-10-9-7(3-4-17-9)12-5-13-10/h3-6,8H,1-2H3,(H,15,16)(H,12,13,14)/t8-/m0/s1. The van der Waals surface area contributed by atoms with Gasteiger partial charge in [0.05, 0.1) is 10.2 Å². The Hall–Kier alpha value is -1.69. The van der Waals surface area contributed by atoms with Gasteiger partial charge in [0.15, 0.2) is 0 Å². The van der Waals surface area contributed by atoms with Gasteiger partial charge in [-0.2, -0.15) is 0 Å². The van der Waals surface area contributed by atoms with E-state index in [4.69, 9.17) is 5.11 Å². The van der Waals surface area contributed by atoms with Crippen molar-refractivity contribution in [2.75, 3.05) is 5.32 Å². The van der Waals surface area contributed by atoms with E-state index in [2.05, 4.69) is 15.3 Å². The summed E-state index contributed by atoms with van der Waals surface area (Å²) >= 11 is 1.50. The van der Waals surface area contributed by atoms with Crippen molar-refractivity contribution in [2.24, 2.45) is 5.92 Å². The van der Waals surface area contributed by atoms with E-state index < -0.39 is 12.0 Å². The number of hydrogen-bond acceptors (Lipinski definition) is 5. The molecule has 0 fully saturated rings. The number of thiophene rings is 1. The number of hydrogen-bond donors (Lipinski definition) is 2. The average Bonchev–Trinajstić information content (AvgIpc) is 2.73. The third-order valence-electron chi connectivity index (χ3n) is 2.47. The molecule has 0 spiro atoms. The highest BCUT2D eigenvalue weighted by atomic mass is 32.1. The second kappa shape index (κ2) is 4.67. The molecule has 0 aliphatic carbocycles. The van der Waals surface area contributed by atoms with E-state index in [1.165, 1.54) is 17.7 Å². The van der Waals surface area contributed by atoms with E-state index in [-0.39, 0.29) is 5.92 Å². The maximum absolute atomic E-state index is 11.1. The zero-order valence-corrected chi connectivity index (χ0v) is 10.4. The van der Waals surface area contributed by atoms with E-state index >= 15 is 0 Å². The summed E-state index contributed by atoms with van der Waals surface area (Å²) in [5.41, 5.74) is 0.834. The highest BCUT2D eigenvalue weighted by molar-refractivity contribution is 7.17. The van der Waals surface area contributed by atoms with E-state index in [0.29, 0.717) is 5.82 Å². The smallest absolute Gasteiger partial charge is 0.326 e. The summed E-state index contributed by atoms with van der Waals surface area (Å²) in [4.78, 5) is 19.3. The molecule has 2 aromatic heterocycles. The van der Waals surface area contributed by atoms with Crippen LogP contribution in [-0.4, -0.2) is 27.1 Å². The summed E-state index contributed by atoms with van der Waals surface area (Å²) in [7, 11) is 0. The summed E-state index contributed by atoms with van der Waals surface area (Å²) in [6, 6.07) is 1.24. The largest absolute Gasteiger partial charge is 0.480 e. The van der Waals surface area contributed by atoms with Gasteiger partial charge < -0.3 is 10.4 Å². The van der Waals surface area contributed by atoms with Gasteiger partial charge in [0.2, 0.25) is 0 Å². The monoisotopic (exact) mass is 251 g/mol. The molecule has 17 heavy (non-hydrogen) atoms. The average molecular weight is 251 g/mol. The third kappa shape index (κ3) is 2.36. The molecule has 6 heteroatoms. The van der Waals surface area contributed by atoms with Crippen molar-refractivity contribution in [3.05, 3.63) is 17.8 Å². The number of carboxylic acid groups (broad SMARTS) is 1. The van der Waals surface area contributed by atoms with E-state index in [1.807, 2.05) is 25.3 Å². The lowest BCUT2D eigenvalue weighted by Gasteiger charge is -2.18. The zero-order valence-electron chi connectivity index (χ0n) is 9.54. The van der Waals surface area contributed by atoms with Crippen molar-refractivity contribution in [2.45, 2.75) is 19.9 Å². The van der Waals surface area contributed by atoms with Crippen molar-refractivity contribution in [3.8, 4) is 0 Å². The molecule has 2 heterocycles. The van der Waals surface area contributed by atoms with Crippen LogP contribution in [0.3, 0.4) is 0 Å². The summed E-state index contributed by atoms with van der Waals surface area (Å²) in [5.74, 6) is -0.299. The number of aromatic nitrogens is 2. The Bertz CT molecular complexity index is 538. The third-order valence-corrected chi connectivity index (χ3v) is 3.38. The molecule has 90 valence electrons. The lowest BCUT2D eigenvalue weighted by molar-refractivity contribution is -0.138. The van der Waals surface area contributed by atoms with Gasteiger partial charge in [0, 0.05) is 0 Å². The van der Waals surface area contributed by atoms with Crippen molar-refractivity contribution in [3.63, 3.8) is 0 Å². The number of rotatable bonds is 4. The van der Waals surface area contributed by atoms with Gasteiger partial charge in [-0.15, -0.1) is 11.3 Å². The summed E-state index contributed by atoms with van der Waals surface area (Å²) in [5, 5.41) is 14.0. The SMILES string of the molecule is CC(C)[C@H](Nc1ncnc2ccsc12)C(=O)O. The van der Waals surface area contributed by atoms with Crippen molar-refractivity contribution < 1.29 is 9.90 Å². The highest BCUT2D eigenvalue weighted by Crippen LogP contribution is 2.26. The topological polar surface area (TPSA) is 75.1 Å². The maximum atomic E-state index is 11.1. The minimum Gasteiger partial charge on any atom is -0.480 e. The Kier molecular flexibility index (Phi) is 3.23. The Labute approximate surface area is 103 Å². The van der Waals surface area contributed by atoms with Gasteiger partial charge in [-0.1, -0.05) is 13.8 Å². The quantitative estimate of drug-likeness (QED) is 0.871. The van der Waals surface area contributed by atoms with Crippen LogP contribution in [-0.2, 0) is 4.79 Å². The normalized spacial score (nSPS) is 12.9. The van der Waals surface area contributed by atoms with Crippen molar-refractivity contribution >= 4 is 33.3 Å². The predicted molar refractivity (Wildman–Crippen MR) is 67.3 cm³/mol. The van der Waals surface area contributed by atoms with Crippen LogP contribution in [0.25, 0.3) is 10.2 Å². The van der Waals surface area contributed by atoms with Crippen LogP contribution in [0.4, 0.5) is 5.82 Å². The fourth-order valence-corrected chi connectivity index (χ4v) is 2.35. The Morgan fingerprint density at radius 2 is 2.24 bits per heavy atom. The van der Waals surface area contributed by atoms with E-state index in [0.717, 1.165) is 10.2 Å². The van der Waals surface area contributed by atoms with Crippen LogP contribution in [0.15, 0.2) is 17.8 Å². The number of aliphatic carboxylic acids is 1. The van der Waals surface area contributed by atoms with Gasteiger partial charge in [-0.25, -0.2) is 14.8 Å². The van der Waals surface area contributed by atoms with Crippen LogP contribution < -0.4 is 5.32 Å². The second-order valence-electron chi connectivity index (χ2n) is 4.06. The number of nitrogens with zero attached hydrogens (tertiary/aromatic N) is 2. The van der Waals surface area contributed by atoms with Gasteiger partial charge in [-0.05, 0) is 17.4 Å². The van der Waals surface area contributed by atoms with Crippen molar-refractivity contribution in [1.82, 2.24) is 9.97 Å². The van der Waals surface area contributed by atoms with Crippen LogP contribution in [0.1, 0.15) is 13.8 Å². The minimum atomic E-state index is -0.872. The second-order valence-corrected chi connectivity index (χ2v) is 4.98. The molecule has 0 radical (unpaired) electrons. The van der Waals surface area contributed by atoms with Gasteiger partial charge in [0.25, 0.3) is 0 Å². The number of anilines is 1. The van der Waals surface area contributed by atoms with Gasteiger partial charge >= 0.3 is 5.97 Å². The summed E-state index contributed by atoms with van der Waals surface area (Å²) < 4.78 is 0.888. The number of carboxylic acids is 1. The Morgan fingerprint density at radius 3 is 2.88 bits per heavy atom. The lowest BCUT2D eigenvalue weighted by Crippen LogP contribution is -2.34. The number of fused-ring (bicyclic) bond motifs is 1. The molecular weight excluding hydrogens is 238 g/mol. The van der Waals surface area contributed by atoms with E-state index in [1.54, 1.807) is 0 Å². The molecule has 5 nitrogen and oxygen atoms in total. The fraction of sp³-hybridized carbons (Fsp3) is 0.364. The van der Waals surface area contributed by atoms with Gasteiger partial charge in [0.1, 0.15) is 18.2 Å². The molecule has 0 bridgehead atoms. The molecule has 2 aromatic rings. The predicted octanol–water partition coefficient (Wildman–Crippen LogP) is 2.21. The number of nitrogens with one attached hydrogen (secondary N) is 1. The van der Waals surface area contributed by atoms with Crippen LogP contribution in [0, 0.1) is 5.92 Å². The first-order chi connectivity index (χ1) is 8.09. The molecule has 0 aromatic carbocycles. The maximum Gasteiger partial charge on any atom is 0.326 e. The minimum absolute atomic E-state index is 0.0162. The van der Waals surface area contributed by atoms with E-state index in [9.17, 15) is 4.79 Å². The molecular formula is C11H13N3O2S. The van der Waals surface area contributed by atoms with Gasteiger partial charge in [-0.3, -0.25) is 0 Å². The molecule has 0 saturated heterocycles. The molecule has 0 aliphatic heterocycles.